The van der Waals surface area contributed by atoms with Crippen molar-refractivity contribution >= 4 is 34.3 Å². The number of hydrogen-bond donors (Lipinski definition) is 1. The van der Waals surface area contributed by atoms with Gasteiger partial charge in [0.05, 0.1) is 56.8 Å². The topological polar surface area (TPSA) is 101 Å². The van der Waals surface area contributed by atoms with Crippen LogP contribution in [0.2, 0.25) is 0 Å². The van der Waals surface area contributed by atoms with E-state index < -0.39 is 5.25 Å². The van der Waals surface area contributed by atoms with Crippen LogP contribution in [0.5, 0.6) is 23.0 Å². The third kappa shape index (κ3) is 6.12. The first kappa shape index (κ1) is 27.8. The van der Waals surface area contributed by atoms with Crippen LogP contribution in [-0.2, 0) is 11.3 Å². The molecule has 4 aromatic rings. The van der Waals surface area contributed by atoms with Crippen LogP contribution in [-0.4, -0.2) is 49.1 Å². The Morgan fingerprint density at radius 2 is 1.59 bits per heavy atom. The minimum atomic E-state index is -0.526. The van der Waals surface area contributed by atoms with Gasteiger partial charge in [0.1, 0.15) is 11.5 Å². The van der Waals surface area contributed by atoms with Gasteiger partial charge < -0.3 is 24.3 Å². The van der Waals surface area contributed by atoms with Crippen LogP contribution in [0.4, 0.5) is 5.69 Å². The van der Waals surface area contributed by atoms with Crippen LogP contribution in [0.3, 0.4) is 0 Å². The lowest BCUT2D eigenvalue weighted by atomic mass is 10.2. The highest BCUT2D eigenvalue weighted by Gasteiger charge is 2.24. The number of hydrogen-bond acceptors (Lipinski definition) is 8. The van der Waals surface area contributed by atoms with Gasteiger partial charge in [0, 0.05) is 6.07 Å². The van der Waals surface area contributed by atoms with E-state index in [9.17, 15) is 9.59 Å². The average Bonchev–Trinajstić information content (AvgIpc) is 2.97. The Labute approximate surface area is 231 Å². The number of benzene rings is 3. The molecule has 0 bridgehead atoms. The summed E-state index contributed by atoms with van der Waals surface area (Å²) < 4.78 is 23.1. The van der Waals surface area contributed by atoms with Gasteiger partial charge in [-0.25, -0.2) is 4.98 Å². The van der Waals surface area contributed by atoms with E-state index in [2.05, 4.69) is 5.32 Å². The van der Waals surface area contributed by atoms with E-state index in [0.29, 0.717) is 51.2 Å². The molecular formula is C29H31N3O6S. The van der Waals surface area contributed by atoms with Crippen LogP contribution >= 0.6 is 11.8 Å². The first-order valence-corrected chi connectivity index (χ1v) is 13.2. The van der Waals surface area contributed by atoms with Crippen molar-refractivity contribution in [3.63, 3.8) is 0 Å². The van der Waals surface area contributed by atoms with E-state index in [1.165, 1.54) is 26.0 Å². The van der Waals surface area contributed by atoms with Gasteiger partial charge in [-0.15, -0.1) is 0 Å². The molecule has 0 fully saturated rings. The number of anilines is 1. The molecule has 0 aliphatic rings. The molecule has 1 atom stereocenters. The molecule has 39 heavy (non-hydrogen) atoms. The van der Waals surface area contributed by atoms with Gasteiger partial charge in [-0.2, -0.15) is 0 Å². The van der Waals surface area contributed by atoms with Crippen LogP contribution in [0.15, 0.2) is 70.6 Å². The number of para-hydroxylation sites is 2. The van der Waals surface area contributed by atoms with Crippen molar-refractivity contribution in [3.05, 3.63) is 76.6 Å². The van der Waals surface area contributed by atoms with Crippen molar-refractivity contribution in [3.8, 4) is 23.0 Å². The SMILES string of the molecule is CCC(Sc1nc2cc(OC)c(OC)cc2c(=O)n1Cc1ccc(OC)cc1)C(=O)Nc1ccccc1OC. The zero-order valence-corrected chi connectivity index (χ0v) is 23.3. The minimum absolute atomic E-state index is 0.218. The number of thioether (sulfide) groups is 1. The first-order chi connectivity index (χ1) is 18.9. The van der Waals surface area contributed by atoms with Gasteiger partial charge in [-0.3, -0.25) is 14.2 Å². The lowest BCUT2D eigenvalue weighted by molar-refractivity contribution is -0.115. The Bertz CT molecular complexity index is 1520. The predicted molar refractivity (Wildman–Crippen MR) is 153 cm³/mol. The van der Waals surface area contributed by atoms with Gasteiger partial charge in [0.15, 0.2) is 16.7 Å². The maximum Gasteiger partial charge on any atom is 0.262 e. The monoisotopic (exact) mass is 549 g/mol. The van der Waals surface area contributed by atoms with E-state index in [0.717, 1.165) is 5.56 Å². The van der Waals surface area contributed by atoms with E-state index in [1.54, 1.807) is 43.1 Å². The maximum absolute atomic E-state index is 13.8. The first-order valence-electron chi connectivity index (χ1n) is 12.3. The van der Waals surface area contributed by atoms with Gasteiger partial charge in [0.2, 0.25) is 5.91 Å². The number of nitrogens with one attached hydrogen (secondary N) is 1. The summed E-state index contributed by atoms with van der Waals surface area (Å²) in [5, 5.41) is 3.22. The molecule has 1 N–H and O–H groups in total. The molecule has 4 rings (SSSR count). The average molecular weight is 550 g/mol. The number of ether oxygens (including phenoxy) is 4. The molecule has 0 radical (unpaired) electrons. The zero-order valence-electron chi connectivity index (χ0n) is 22.5. The molecule has 0 saturated carbocycles. The highest BCUT2D eigenvalue weighted by Crippen LogP contribution is 2.33. The Morgan fingerprint density at radius 1 is 0.923 bits per heavy atom. The number of fused-ring (bicyclic) bond motifs is 1. The molecule has 10 heteroatoms. The highest BCUT2D eigenvalue weighted by molar-refractivity contribution is 8.00. The smallest absolute Gasteiger partial charge is 0.262 e. The van der Waals surface area contributed by atoms with Crippen molar-refractivity contribution in [2.45, 2.75) is 30.3 Å². The highest BCUT2D eigenvalue weighted by atomic mass is 32.2. The Hall–Kier alpha value is -4.18. The third-order valence-corrected chi connectivity index (χ3v) is 7.55. The molecule has 9 nitrogen and oxygen atoms in total. The van der Waals surface area contributed by atoms with Crippen LogP contribution < -0.4 is 29.8 Å². The lowest BCUT2D eigenvalue weighted by Gasteiger charge is -2.19. The Balaban J connectivity index is 1.77. The van der Waals surface area contributed by atoms with E-state index in [1.807, 2.05) is 43.3 Å². The number of rotatable bonds is 11. The van der Waals surface area contributed by atoms with Crippen molar-refractivity contribution in [2.75, 3.05) is 33.8 Å². The van der Waals surface area contributed by atoms with Crippen molar-refractivity contribution in [1.82, 2.24) is 9.55 Å². The number of carbonyl (C=O) groups is 1. The van der Waals surface area contributed by atoms with Gasteiger partial charge in [-0.1, -0.05) is 43.0 Å². The second-order valence-corrected chi connectivity index (χ2v) is 9.73. The summed E-state index contributed by atoms with van der Waals surface area (Å²) in [4.78, 5) is 32.0. The maximum atomic E-state index is 13.8. The number of nitrogens with zero attached hydrogens (tertiary/aromatic N) is 2. The number of carbonyl (C=O) groups excluding carboxylic acids is 1. The minimum Gasteiger partial charge on any atom is -0.497 e. The molecule has 1 aromatic heterocycles. The Morgan fingerprint density at radius 3 is 2.23 bits per heavy atom. The third-order valence-electron chi connectivity index (χ3n) is 6.20. The second kappa shape index (κ2) is 12.6. The fourth-order valence-corrected chi connectivity index (χ4v) is 5.09. The summed E-state index contributed by atoms with van der Waals surface area (Å²) in [6.45, 7) is 2.17. The largest absolute Gasteiger partial charge is 0.497 e. The summed E-state index contributed by atoms with van der Waals surface area (Å²) in [5.41, 5.74) is 1.65. The summed E-state index contributed by atoms with van der Waals surface area (Å²) >= 11 is 1.24. The van der Waals surface area contributed by atoms with Gasteiger partial charge >= 0.3 is 0 Å². The molecule has 0 saturated heterocycles. The molecule has 0 aliphatic heterocycles. The summed E-state index contributed by atoms with van der Waals surface area (Å²) in [6.07, 6.45) is 0.508. The van der Waals surface area contributed by atoms with Gasteiger partial charge in [-0.05, 0) is 42.3 Å². The molecule has 1 amide bonds. The van der Waals surface area contributed by atoms with Crippen molar-refractivity contribution < 1.29 is 23.7 Å². The number of amides is 1. The van der Waals surface area contributed by atoms with E-state index in [4.69, 9.17) is 23.9 Å². The predicted octanol–water partition coefficient (Wildman–Crippen LogP) is 4.99. The van der Waals surface area contributed by atoms with Crippen LogP contribution in [0, 0.1) is 0 Å². The molecule has 0 spiro atoms. The number of methoxy groups -OCH3 is 4. The van der Waals surface area contributed by atoms with Crippen LogP contribution in [0.25, 0.3) is 10.9 Å². The summed E-state index contributed by atoms with van der Waals surface area (Å²) in [5.74, 6) is 1.95. The van der Waals surface area contributed by atoms with E-state index in [-0.39, 0.29) is 18.0 Å². The van der Waals surface area contributed by atoms with E-state index >= 15 is 0 Å². The second-order valence-electron chi connectivity index (χ2n) is 8.56. The van der Waals surface area contributed by atoms with Crippen LogP contribution in [0.1, 0.15) is 18.9 Å². The molecule has 0 aliphatic carbocycles. The van der Waals surface area contributed by atoms with Crippen molar-refractivity contribution in [1.29, 1.82) is 0 Å². The molecule has 204 valence electrons. The van der Waals surface area contributed by atoms with Crippen molar-refractivity contribution in [2.24, 2.45) is 0 Å². The summed E-state index contributed by atoms with van der Waals surface area (Å²) in [7, 11) is 6.20. The molecule has 1 heterocycles. The summed E-state index contributed by atoms with van der Waals surface area (Å²) in [6, 6.07) is 18.0. The Kier molecular flexibility index (Phi) is 8.98. The molecule has 1 unspecified atom stereocenters. The van der Waals surface area contributed by atoms with Gasteiger partial charge in [0.25, 0.3) is 5.56 Å². The quantitative estimate of drug-likeness (QED) is 0.206. The number of aromatic nitrogens is 2. The fraction of sp³-hybridized carbons (Fsp3) is 0.276. The molecule has 3 aromatic carbocycles. The zero-order chi connectivity index (χ0) is 27.9. The fourth-order valence-electron chi connectivity index (χ4n) is 4.08. The lowest BCUT2D eigenvalue weighted by Crippen LogP contribution is -2.28. The molecular weight excluding hydrogens is 518 g/mol. The standard InChI is InChI=1S/C29H31N3O6S/c1-6-26(27(33)30-21-9-7-8-10-23(21)36-3)39-29-31-22-16-25(38-5)24(37-4)15-20(22)28(34)32(29)17-18-11-13-19(35-2)14-12-18/h7-16,26H,6,17H2,1-5H3,(H,30,33). The normalized spacial score (nSPS) is 11.6.